The fraction of sp³-hybridized carbons (Fsp3) is 0.389. The number of ether oxygens (including phenoxy) is 1. The molecule has 1 aliphatic carbocycles. The van der Waals surface area contributed by atoms with Crippen LogP contribution in [0.3, 0.4) is 0 Å². The number of fused-ring (bicyclic) bond motifs is 1. The molecule has 0 unspecified atom stereocenters. The van der Waals surface area contributed by atoms with Crippen molar-refractivity contribution in [1.82, 2.24) is 15.2 Å². The van der Waals surface area contributed by atoms with Crippen LogP contribution in [-0.4, -0.2) is 39.9 Å². The molecule has 1 fully saturated rings. The van der Waals surface area contributed by atoms with Gasteiger partial charge in [-0.3, -0.25) is 9.59 Å². The highest BCUT2D eigenvalue weighted by molar-refractivity contribution is 9.10. The molecule has 1 aromatic heterocycles. The number of hydrogen-bond acceptors (Lipinski definition) is 5. The zero-order valence-corrected chi connectivity index (χ0v) is 26.9. The van der Waals surface area contributed by atoms with Crippen LogP contribution < -0.4 is 20.9 Å². The highest BCUT2D eigenvalue weighted by Crippen LogP contribution is 2.49. The smallest absolute Gasteiger partial charge is 0.265 e. The van der Waals surface area contributed by atoms with Crippen molar-refractivity contribution in [3.63, 3.8) is 0 Å². The average Bonchev–Trinajstić information content (AvgIpc) is 3.00. The summed E-state index contributed by atoms with van der Waals surface area (Å²) in [5.41, 5.74) is 4.43. The minimum Gasteiger partial charge on any atom is -0.487 e. The Morgan fingerprint density at radius 3 is 2.66 bits per heavy atom. The number of nitrogens with zero attached hydrogens (tertiary/aromatic N) is 1. The molecule has 1 amide bonds. The van der Waals surface area contributed by atoms with Gasteiger partial charge >= 0.3 is 0 Å². The van der Waals surface area contributed by atoms with Crippen LogP contribution in [-0.2, 0) is 25.8 Å². The minimum atomic E-state index is -0.887. The van der Waals surface area contributed by atoms with Crippen molar-refractivity contribution >= 4 is 21.8 Å². The van der Waals surface area contributed by atoms with Crippen LogP contribution in [0.2, 0.25) is 0 Å². The maximum atomic E-state index is 13.6. The van der Waals surface area contributed by atoms with E-state index in [1.165, 1.54) is 22.4 Å². The molecular weight excluding hydrogens is 618 g/mol. The molecule has 2 aromatic carbocycles. The first kappa shape index (κ1) is 31.9. The Balaban J connectivity index is 1.38. The lowest BCUT2D eigenvalue weighted by molar-refractivity contribution is -0.0382. The second-order valence-electron chi connectivity index (χ2n) is 12.0. The zero-order valence-electron chi connectivity index (χ0n) is 25.4. The van der Waals surface area contributed by atoms with Gasteiger partial charge in [0.05, 0.1) is 22.2 Å². The number of aryl methyl sites for hydroxylation is 1. The molecule has 0 saturated heterocycles. The van der Waals surface area contributed by atoms with E-state index in [1.807, 2.05) is 24.3 Å². The van der Waals surface area contributed by atoms with Crippen molar-refractivity contribution in [1.29, 1.82) is 0 Å². The largest absolute Gasteiger partial charge is 0.487 e. The van der Waals surface area contributed by atoms with Gasteiger partial charge in [-0.1, -0.05) is 55.5 Å². The van der Waals surface area contributed by atoms with Crippen molar-refractivity contribution < 1.29 is 14.6 Å². The molecule has 2 aliphatic rings. The molecule has 2 heterocycles. The third-order valence-electron chi connectivity index (χ3n) is 8.84. The molecule has 1 aliphatic heterocycles. The Hall–Kier alpha value is -3.46. The van der Waals surface area contributed by atoms with Gasteiger partial charge in [0.25, 0.3) is 11.5 Å². The zero-order chi connectivity index (χ0) is 31.3. The van der Waals surface area contributed by atoms with Crippen LogP contribution in [0, 0.1) is 0 Å². The topological polar surface area (TPSA) is 92.6 Å². The SMILES string of the molecule is C=CCc1cccc(C[C@H](NC(=O)c2cc(Br)c(=O)n(CC=C)c2)[C@H](O)CN[C@H]2CC3(CCC3)Oc3ccc(CC)cc32)c1. The minimum absolute atomic E-state index is 0.0332. The van der Waals surface area contributed by atoms with Crippen LogP contribution >= 0.6 is 15.9 Å². The maximum absolute atomic E-state index is 13.6. The summed E-state index contributed by atoms with van der Waals surface area (Å²) in [4.78, 5) is 26.1. The first-order chi connectivity index (χ1) is 21.2. The summed E-state index contributed by atoms with van der Waals surface area (Å²) in [7, 11) is 0. The lowest BCUT2D eigenvalue weighted by Crippen LogP contribution is -2.52. The van der Waals surface area contributed by atoms with Crippen molar-refractivity contribution in [3.8, 4) is 5.75 Å². The number of halogens is 1. The Labute approximate surface area is 268 Å². The van der Waals surface area contributed by atoms with Crippen molar-refractivity contribution in [2.24, 2.45) is 0 Å². The predicted octanol–water partition coefficient (Wildman–Crippen LogP) is 5.83. The Morgan fingerprint density at radius 1 is 1.16 bits per heavy atom. The van der Waals surface area contributed by atoms with Crippen molar-refractivity contribution in [2.75, 3.05) is 6.54 Å². The van der Waals surface area contributed by atoms with Gasteiger partial charge in [-0.25, -0.2) is 0 Å². The predicted molar refractivity (Wildman–Crippen MR) is 178 cm³/mol. The summed E-state index contributed by atoms with van der Waals surface area (Å²) >= 11 is 3.29. The summed E-state index contributed by atoms with van der Waals surface area (Å²) < 4.78 is 8.22. The van der Waals surface area contributed by atoms with E-state index >= 15 is 0 Å². The van der Waals surface area contributed by atoms with E-state index < -0.39 is 12.1 Å². The number of hydrogen-bond donors (Lipinski definition) is 3. The fourth-order valence-corrected chi connectivity index (χ4v) is 6.72. The van der Waals surface area contributed by atoms with E-state index in [4.69, 9.17) is 4.74 Å². The van der Waals surface area contributed by atoms with E-state index in [1.54, 1.807) is 6.08 Å². The number of aromatic nitrogens is 1. The molecule has 3 aromatic rings. The quantitative estimate of drug-likeness (QED) is 0.201. The second kappa shape index (κ2) is 14.1. The molecule has 1 saturated carbocycles. The molecule has 8 heteroatoms. The second-order valence-corrected chi connectivity index (χ2v) is 12.9. The number of benzene rings is 2. The number of rotatable bonds is 13. The Kier molecular flexibility index (Phi) is 10.2. The van der Waals surface area contributed by atoms with Gasteiger partial charge in [0.1, 0.15) is 11.4 Å². The van der Waals surface area contributed by atoms with E-state index in [0.29, 0.717) is 12.0 Å². The van der Waals surface area contributed by atoms with Gasteiger partial charge < -0.3 is 25.0 Å². The first-order valence-electron chi connectivity index (χ1n) is 15.5. The monoisotopic (exact) mass is 659 g/mol. The van der Waals surface area contributed by atoms with Gasteiger partial charge in [-0.2, -0.15) is 0 Å². The van der Waals surface area contributed by atoms with Gasteiger partial charge in [0.2, 0.25) is 0 Å². The number of aliphatic hydroxyl groups is 1. The number of carbonyl (C=O) groups is 1. The molecule has 3 N–H and O–H groups in total. The third-order valence-corrected chi connectivity index (χ3v) is 9.41. The van der Waals surface area contributed by atoms with Crippen LogP contribution in [0.1, 0.15) is 71.3 Å². The summed E-state index contributed by atoms with van der Waals surface area (Å²) in [5.74, 6) is 0.552. The molecule has 7 nitrogen and oxygen atoms in total. The summed E-state index contributed by atoms with van der Waals surface area (Å²) in [6, 6.07) is 15.5. The molecule has 3 atom stereocenters. The van der Waals surface area contributed by atoms with E-state index in [9.17, 15) is 14.7 Å². The Bertz CT molecular complexity index is 1580. The van der Waals surface area contributed by atoms with Crippen molar-refractivity contribution in [2.45, 2.75) is 82.2 Å². The van der Waals surface area contributed by atoms with Gasteiger partial charge in [-0.05, 0) is 83.3 Å². The lowest BCUT2D eigenvalue weighted by atomic mass is 9.72. The number of amides is 1. The van der Waals surface area contributed by atoms with Gasteiger partial charge in [-0.15, -0.1) is 13.2 Å². The molecule has 5 rings (SSSR count). The molecule has 1 spiro atoms. The standard InChI is InChI=1S/C36H42BrN3O4/c1-4-9-25-10-7-11-26(17-25)19-30(39-34(42)27-20-29(37)35(43)40(23-27)16-5-2)32(41)22-38-31-21-36(14-8-15-36)44-33-13-12-24(6-3)18-28(31)33/h4-5,7,10-13,17-18,20,23,30-32,38,41H,1-2,6,8-9,14-16,19,21-22H2,3H3,(H,39,42)/t30-,31-,32+/m0/s1. The van der Waals surface area contributed by atoms with Gasteiger partial charge in [0.15, 0.2) is 0 Å². The van der Waals surface area contributed by atoms with Crippen LogP contribution in [0.4, 0.5) is 0 Å². The van der Waals surface area contributed by atoms with E-state index in [2.05, 4.69) is 70.9 Å². The van der Waals surface area contributed by atoms with E-state index in [0.717, 1.165) is 61.0 Å². The molecular formula is C36H42BrN3O4. The highest BCUT2D eigenvalue weighted by atomic mass is 79.9. The first-order valence-corrected chi connectivity index (χ1v) is 16.3. The number of allylic oxidation sites excluding steroid dienone is 2. The molecule has 44 heavy (non-hydrogen) atoms. The average molecular weight is 661 g/mol. The summed E-state index contributed by atoms with van der Waals surface area (Å²) in [5, 5.41) is 18.4. The number of nitrogens with one attached hydrogen (secondary N) is 2. The Morgan fingerprint density at radius 2 is 1.95 bits per heavy atom. The lowest BCUT2D eigenvalue weighted by Gasteiger charge is -2.48. The number of carbonyl (C=O) groups excluding carboxylic acids is 1. The van der Waals surface area contributed by atoms with Crippen LogP contribution in [0.15, 0.2) is 89.3 Å². The van der Waals surface area contributed by atoms with Crippen molar-refractivity contribution in [3.05, 3.63) is 123 Å². The highest BCUT2D eigenvalue weighted by Gasteiger charge is 2.45. The normalized spacial score (nSPS) is 17.9. The summed E-state index contributed by atoms with van der Waals surface area (Å²) in [6.07, 6.45) is 10.3. The fourth-order valence-electron chi connectivity index (χ4n) is 6.24. The molecule has 0 bridgehead atoms. The third kappa shape index (κ3) is 7.25. The van der Waals surface area contributed by atoms with Crippen LogP contribution in [0.25, 0.3) is 0 Å². The van der Waals surface area contributed by atoms with Crippen LogP contribution in [0.5, 0.6) is 5.75 Å². The van der Waals surface area contributed by atoms with Gasteiger partial charge in [0, 0.05) is 37.3 Å². The molecule has 0 radical (unpaired) electrons. The summed E-state index contributed by atoms with van der Waals surface area (Å²) in [6.45, 7) is 10.3. The van der Waals surface area contributed by atoms with E-state index in [-0.39, 0.29) is 40.7 Å². The number of pyridine rings is 1. The number of aliphatic hydroxyl groups excluding tert-OH is 1. The maximum Gasteiger partial charge on any atom is 0.265 e. The molecule has 232 valence electrons.